The van der Waals surface area contributed by atoms with Crippen LogP contribution in [-0.2, 0) is 0 Å². The smallest absolute Gasteiger partial charge is 0.121 e. The highest BCUT2D eigenvalue weighted by molar-refractivity contribution is 5.62. The van der Waals surface area contributed by atoms with E-state index in [2.05, 4.69) is 23.2 Å². The lowest BCUT2D eigenvalue weighted by Gasteiger charge is -2.29. The van der Waals surface area contributed by atoms with Crippen LogP contribution >= 0.6 is 0 Å². The summed E-state index contributed by atoms with van der Waals surface area (Å²) in [5, 5.41) is 12.9. The van der Waals surface area contributed by atoms with Gasteiger partial charge in [-0.25, -0.2) is 0 Å². The van der Waals surface area contributed by atoms with Crippen LogP contribution in [-0.4, -0.2) is 32.8 Å². The molecule has 1 aliphatic rings. The number of rotatable bonds is 7. The average molecular weight is 287 g/mol. The maximum atomic E-state index is 9.38. The van der Waals surface area contributed by atoms with Crippen LogP contribution in [0.2, 0.25) is 0 Å². The van der Waals surface area contributed by atoms with Crippen molar-refractivity contribution < 1.29 is 4.74 Å². The SMILES string of the molecule is CCCCN(CC1CCCN1)c1cc(OC)ccc1C#N. The molecule has 1 aliphatic heterocycles. The molecule has 1 atom stereocenters. The van der Waals surface area contributed by atoms with Crippen molar-refractivity contribution in [3.05, 3.63) is 23.8 Å². The molecule has 114 valence electrons. The molecule has 1 saturated heterocycles. The molecule has 2 rings (SSSR count). The summed E-state index contributed by atoms with van der Waals surface area (Å²) in [6.45, 7) is 5.25. The van der Waals surface area contributed by atoms with Gasteiger partial charge in [-0.15, -0.1) is 0 Å². The van der Waals surface area contributed by atoms with Crippen molar-refractivity contribution in [3.8, 4) is 11.8 Å². The first kappa shape index (κ1) is 15.7. The van der Waals surface area contributed by atoms with E-state index in [9.17, 15) is 5.26 Å². The maximum Gasteiger partial charge on any atom is 0.121 e. The van der Waals surface area contributed by atoms with E-state index < -0.39 is 0 Å². The van der Waals surface area contributed by atoms with Crippen LogP contribution in [0.4, 0.5) is 5.69 Å². The predicted molar refractivity (Wildman–Crippen MR) is 85.9 cm³/mol. The van der Waals surface area contributed by atoms with Gasteiger partial charge in [0.2, 0.25) is 0 Å². The Bertz CT molecular complexity index is 489. The molecule has 4 heteroatoms. The molecule has 1 heterocycles. The molecule has 1 N–H and O–H groups in total. The molecule has 1 unspecified atom stereocenters. The lowest BCUT2D eigenvalue weighted by molar-refractivity contribution is 0.414. The molecule has 0 bridgehead atoms. The highest BCUT2D eigenvalue weighted by Crippen LogP contribution is 2.27. The van der Waals surface area contributed by atoms with Gasteiger partial charge in [0.1, 0.15) is 11.8 Å². The summed E-state index contributed by atoms with van der Waals surface area (Å²) in [6.07, 6.45) is 4.75. The molecule has 0 amide bonds. The van der Waals surface area contributed by atoms with E-state index in [-0.39, 0.29) is 0 Å². The van der Waals surface area contributed by atoms with Crippen LogP contribution in [0, 0.1) is 11.3 Å². The van der Waals surface area contributed by atoms with Crippen molar-refractivity contribution >= 4 is 5.69 Å². The quantitative estimate of drug-likeness (QED) is 0.837. The topological polar surface area (TPSA) is 48.3 Å². The number of nitrogens with zero attached hydrogens (tertiary/aromatic N) is 2. The van der Waals surface area contributed by atoms with Gasteiger partial charge in [0, 0.05) is 25.2 Å². The minimum absolute atomic E-state index is 0.527. The predicted octanol–water partition coefficient (Wildman–Crippen LogP) is 2.93. The number of nitriles is 1. The van der Waals surface area contributed by atoms with Crippen molar-refractivity contribution in [3.63, 3.8) is 0 Å². The average Bonchev–Trinajstić information content (AvgIpc) is 3.03. The van der Waals surface area contributed by atoms with E-state index in [1.54, 1.807) is 7.11 Å². The zero-order valence-corrected chi connectivity index (χ0v) is 13.1. The molecule has 4 nitrogen and oxygen atoms in total. The largest absolute Gasteiger partial charge is 0.497 e. The van der Waals surface area contributed by atoms with E-state index in [0.29, 0.717) is 6.04 Å². The number of anilines is 1. The second-order valence-corrected chi connectivity index (χ2v) is 5.59. The van der Waals surface area contributed by atoms with Gasteiger partial charge in [0.15, 0.2) is 0 Å². The monoisotopic (exact) mass is 287 g/mol. The minimum Gasteiger partial charge on any atom is -0.497 e. The highest BCUT2D eigenvalue weighted by Gasteiger charge is 2.20. The Balaban J connectivity index is 2.23. The maximum absolute atomic E-state index is 9.38. The van der Waals surface area contributed by atoms with Crippen molar-refractivity contribution in [1.82, 2.24) is 5.32 Å². The highest BCUT2D eigenvalue weighted by atomic mass is 16.5. The number of hydrogen-bond acceptors (Lipinski definition) is 4. The number of benzene rings is 1. The normalized spacial score (nSPS) is 17.5. The molecular formula is C17H25N3O. The van der Waals surface area contributed by atoms with Gasteiger partial charge in [-0.1, -0.05) is 13.3 Å². The van der Waals surface area contributed by atoms with Crippen LogP contribution < -0.4 is 15.0 Å². The second-order valence-electron chi connectivity index (χ2n) is 5.59. The van der Waals surface area contributed by atoms with E-state index in [1.807, 2.05) is 18.2 Å². The van der Waals surface area contributed by atoms with Crippen LogP contribution in [0.3, 0.4) is 0 Å². The Kier molecular flexibility index (Phi) is 5.89. The van der Waals surface area contributed by atoms with Crippen molar-refractivity contribution in [2.24, 2.45) is 0 Å². The van der Waals surface area contributed by atoms with Crippen LogP contribution in [0.5, 0.6) is 5.75 Å². The summed E-state index contributed by atoms with van der Waals surface area (Å²) in [6, 6.07) is 8.54. The first-order chi connectivity index (χ1) is 10.3. The molecule has 0 spiro atoms. The third-order valence-electron chi connectivity index (χ3n) is 4.05. The lowest BCUT2D eigenvalue weighted by Crippen LogP contribution is -2.38. The summed E-state index contributed by atoms with van der Waals surface area (Å²) >= 11 is 0. The molecule has 0 aromatic heterocycles. The number of unbranched alkanes of at least 4 members (excludes halogenated alkanes) is 1. The van der Waals surface area contributed by atoms with E-state index in [0.717, 1.165) is 49.5 Å². The van der Waals surface area contributed by atoms with Gasteiger partial charge >= 0.3 is 0 Å². The standard InChI is InChI=1S/C17H25N3O/c1-3-4-10-20(13-15-6-5-9-19-15)17-11-16(21-2)8-7-14(17)12-18/h7-8,11,15,19H,3-6,9-10,13H2,1-2H3. The number of ether oxygens (including phenoxy) is 1. The van der Waals surface area contributed by atoms with Crippen LogP contribution in [0.15, 0.2) is 18.2 Å². The molecule has 0 aliphatic carbocycles. The Morgan fingerprint density at radius 2 is 2.33 bits per heavy atom. The second kappa shape index (κ2) is 7.90. The molecule has 0 saturated carbocycles. The Morgan fingerprint density at radius 1 is 1.48 bits per heavy atom. The van der Waals surface area contributed by atoms with Crippen molar-refractivity contribution in [1.29, 1.82) is 5.26 Å². The zero-order chi connectivity index (χ0) is 15.1. The molecule has 1 fully saturated rings. The third-order valence-corrected chi connectivity index (χ3v) is 4.05. The molecule has 1 aromatic rings. The fourth-order valence-electron chi connectivity index (χ4n) is 2.83. The first-order valence-electron chi connectivity index (χ1n) is 7.85. The molecule has 1 aromatic carbocycles. The molecule has 21 heavy (non-hydrogen) atoms. The molecule has 0 radical (unpaired) electrons. The summed E-state index contributed by atoms with van der Waals surface area (Å²) in [5.41, 5.74) is 1.73. The number of methoxy groups -OCH3 is 1. The Morgan fingerprint density at radius 3 is 2.95 bits per heavy atom. The van der Waals surface area contributed by atoms with E-state index in [4.69, 9.17) is 4.74 Å². The van der Waals surface area contributed by atoms with Gasteiger partial charge in [0.05, 0.1) is 18.4 Å². The minimum atomic E-state index is 0.527. The van der Waals surface area contributed by atoms with E-state index >= 15 is 0 Å². The van der Waals surface area contributed by atoms with Gasteiger partial charge in [-0.05, 0) is 37.9 Å². The molecular weight excluding hydrogens is 262 g/mol. The van der Waals surface area contributed by atoms with Gasteiger partial charge < -0.3 is 15.0 Å². The Hall–Kier alpha value is -1.73. The summed E-state index contributed by atoms with van der Waals surface area (Å²) < 4.78 is 5.33. The first-order valence-corrected chi connectivity index (χ1v) is 7.85. The summed E-state index contributed by atoms with van der Waals surface area (Å²) in [4.78, 5) is 2.34. The van der Waals surface area contributed by atoms with Crippen molar-refractivity contribution in [2.75, 3.05) is 31.6 Å². The third kappa shape index (κ3) is 4.12. The number of hydrogen-bond donors (Lipinski definition) is 1. The summed E-state index contributed by atoms with van der Waals surface area (Å²) in [5.74, 6) is 0.810. The van der Waals surface area contributed by atoms with Crippen LogP contribution in [0.25, 0.3) is 0 Å². The fourth-order valence-corrected chi connectivity index (χ4v) is 2.83. The Labute approximate surface area is 127 Å². The summed E-state index contributed by atoms with van der Waals surface area (Å²) in [7, 11) is 1.67. The lowest BCUT2D eigenvalue weighted by atomic mass is 10.1. The van der Waals surface area contributed by atoms with Gasteiger partial charge in [-0.2, -0.15) is 5.26 Å². The van der Waals surface area contributed by atoms with Gasteiger partial charge in [0.25, 0.3) is 0 Å². The van der Waals surface area contributed by atoms with Crippen molar-refractivity contribution in [2.45, 2.75) is 38.6 Å². The zero-order valence-electron chi connectivity index (χ0n) is 13.1. The van der Waals surface area contributed by atoms with Gasteiger partial charge in [-0.3, -0.25) is 0 Å². The van der Waals surface area contributed by atoms with Crippen LogP contribution in [0.1, 0.15) is 38.2 Å². The number of nitrogens with one attached hydrogen (secondary N) is 1. The fraction of sp³-hybridized carbons (Fsp3) is 0.588. The van der Waals surface area contributed by atoms with E-state index in [1.165, 1.54) is 12.8 Å².